The minimum absolute atomic E-state index is 0.357. The second kappa shape index (κ2) is 10.7. The van der Waals surface area contributed by atoms with Gasteiger partial charge in [-0.3, -0.25) is 0 Å². The van der Waals surface area contributed by atoms with Gasteiger partial charge in [0.15, 0.2) is 0 Å². The average molecular weight is 417 g/mol. The molecule has 1 heterocycles. The monoisotopic (exact) mass is 416 g/mol. The molecule has 0 aromatic rings. The molecule has 1 rings (SSSR count). The standard InChI is InChI=1S/C22H40O7/c1-8-12-14-21(10-3,20(6,7)15-16(5)23)18(24)27-28-19(25)22(11-4)17(13-9-2)26-29-22/h16-17,23H,8-15H2,1-7H3. The highest BCUT2D eigenvalue weighted by Crippen LogP contribution is 2.50. The van der Waals surface area contributed by atoms with E-state index in [1.54, 1.807) is 13.8 Å². The summed E-state index contributed by atoms with van der Waals surface area (Å²) in [5, 5.41) is 9.96. The van der Waals surface area contributed by atoms with E-state index in [1.807, 2.05) is 27.7 Å². The Morgan fingerprint density at radius 3 is 2.21 bits per heavy atom. The number of carbonyl (C=O) groups is 2. The van der Waals surface area contributed by atoms with Crippen LogP contribution in [0.15, 0.2) is 0 Å². The Balaban J connectivity index is 2.98. The van der Waals surface area contributed by atoms with Crippen molar-refractivity contribution in [3.8, 4) is 0 Å². The van der Waals surface area contributed by atoms with E-state index in [4.69, 9.17) is 19.6 Å². The van der Waals surface area contributed by atoms with Crippen LogP contribution in [0.1, 0.15) is 99.8 Å². The van der Waals surface area contributed by atoms with Crippen molar-refractivity contribution in [2.45, 2.75) is 118 Å². The molecule has 1 aliphatic rings. The number of aliphatic hydroxyl groups excluding tert-OH is 1. The first-order valence-corrected chi connectivity index (χ1v) is 11.0. The maximum Gasteiger partial charge on any atom is 0.393 e. The van der Waals surface area contributed by atoms with Crippen LogP contribution in [-0.2, 0) is 29.1 Å². The molecule has 29 heavy (non-hydrogen) atoms. The molecule has 0 aromatic carbocycles. The molecule has 0 saturated carbocycles. The van der Waals surface area contributed by atoms with Gasteiger partial charge in [-0.2, -0.15) is 0 Å². The zero-order valence-corrected chi connectivity index (χ0v) is 19.2. The van der Waals surface area contributed by atoms with Gasteiger partial charge in [0.25, 0.3) is 0 Å². The van der Waals surface area contributed by atoms with E-state index in [2.05, 4.69) is 6.92 Å². The minimum Gasteiger partial charge on any atom is -0.393 e. The SMILES string of the molecule is CCCCC(CC)(C(=O)OOC(=O)C1(CC)OOC1CCC)C(C)(C)CC(C)O. The van der Waals surface area contributed by atoms with Crippen molar-refractivity contribution in [2.24, 2.45) is 10.8 Å². The smallest absolute Gasteiger partial charge is 0.393 e. The van der Waals surface area contributed by atoms with Crippen LogP contribution in [-0.4, -0.2) is 34.9 Å². The number of carbonyl (C=O) groups excluding carboxylic acids is 2. The lowest BCUT2D eigenvalue weighted by Gasteiger charge is -2.45. The molecule has 0 radical (unpaired) electrons. The van der Waals surface area contributed by atoms with Crippen LogP contribution in [0.25, 0.3) is 0 Å². The van der Waals surface area contributed by atoms with Gasteiger partial charge in [0.05, 0.1) is 11.5 Å². The molecule has 170 valence electrons. The molecule has 0 bridgehead atoms. The number of hydrogen-bond donors (Lipinski definition) is 1. The van der Waals surface area contributed by atoms with Gasteiger partial charge in [0.1, 0.15) is 6.10 Å². The molecule has 0 aliphatic carbocycles. The Labute approximate surface area is 175 Å². The van der Waals surface area contributed by atoms with Crippen LogP contribution < -0.4 is 0 Å². The van der Waals surface area contributed by atoms with Gasteiger partial charge >= 0.3 is 11.9 Å². The minimum atomic E-state index is -1.23. The lowest BCUT2D eigenvalue weighted by Crippen LogP contribution is -2.62. The molecular weight excluding hydrogens is 376 g/mol. The summed E-state index contributed by atoms with van der Waals surface area (Å²) < 4.78 is 0. The van der Waals surface area contributed by atoms with E-state index in [0.29, 0.717) is 32.1 Å². The Morgan fingerprint density at radius 2 is 1.79 bits per heavy atom. The molecule has 4 unspecified atom stereocenters. The third kappa shape index (κ3) is 5.30. The number of rotatable bonds is 12. The summed E-state index contributed by atoms with van der Waals surface area (Å²) in [6, 6.07) is 0. The molecule has 1 fully saturated rings. The van der Waals surface area contributed by atoms with Gasteiger partial charge in [-0.15, -0.1) is 0 Å². The maximum atomic E-state index is 13.2. The van der Waals surface area contributed by atoms with Crippen molar-refractivity contribution in [3.63, 3.8) is 0 Å². The molecule has 4 atom stereocenters. The summed E-state index contributed by atoms with van der Waals surface area (Å²) in [4.78, 5) is 46.2. The second-order valence-corrected chi connectivity index (χ2v) is 8.92. The summed E-state index contributed by atoms with van der Waals surface area (Å²) >= 11 is 0. The molecule has 0 amide bonds. The molecule has 1 saturated heterocycles. The maximum absolute atomic E-state index is 13.2. The van der Waals surface area contributed by atoms with E-state index in [-0.39, 0.29) is 0 Å². The van der Waals surface area contributed by atoms with Crippen LogP contribution in [0.4, 0.5) is 0 Å². The van der Waals surface area contributed by atoms with Gasteiger partial charge in [-0.1, -0.05) is 60.8 Å². The summed E-state index contributed by atoms with van der Waals surface area (Å²) in [6.45, 7) is 13.4. The number of unbranched alkanes of at least 4 members (excludes halogenated alkanes) is 1. The normalized spacial score (nSPS) is 24.9. The third-order valence-corrected chi connectivity index (χ3v) is 6.50. The van der Waals surface area contributed by atoms with Crippen LogP contribution >= 0.6 is 0 Å². The van der Waals surface area contributed by atoms with Gasteiger partial charge in [-0.25, -0.2) is 29.1 Å². The van der Waals surface area contributed by atoms with E-state index in [1.165, 1.54) is 0 Å². The molecule has 0 spiro atoms. The topological polar surface area (TPSA) is 91.3 Å². The van der Waals surface area contributed by atoms with Crippen molar-refractivity contribution in [1.29, 1.82) is 0 Å². The van der Waals surface area contributed by atoms with E-state index < -0.39 is 40.6 Å². The summed E-state index contributed by atoms with van der Waals surface area (Å²) in [5.74, 6) is -1.32. The average Bonchev–Trinajstić information content (AvgIpc) is 2.64. The summed E-state index contributed by atoms with van der Waals surface area (Å²) in [6.07, 6.45) is 4.14. The molecule has 7 heteroatoms. The highest BCUT2D eigenvalue weighted by molar-refractivity contribution is 5.83. The number of aliphatic hydroxyl groups is 1. The Hall–Kier alpha value is -1.18. The van der Waals surface area contributed by atoms with Crippen molar-refractivity contribution in [1.82, 2.24) is 0 Å². The van der Waals surface area contributed by atoms with Crippen molar-refractivity contribution in [3.05, 3.63) is 0 Å². The van der Waals surface area contributed by atoms with Crippen LogP contribution in [0.2, 0.25) is 0 Å². The fourth-order valence-electron chi connectivity index (χ4n) is 4.53. The highest BCUT2D eigenvalue weighted by Gasteiger charge is 2.59. The molecule has 1 aliphatic heterocycles. The zero-order valence-electron chi connectivity index (χ0n) is 19.2. The number of hydrogen-bond acceptors (Lipinski definition) is 7. The van der Waals surface area contributed by atoms with Crippen LogP contribution in [0, 0.1) is 10.8 Å². The van der Waals surface area contributed by atoms with Gasteiger partial charge in [-0.05, 0) is 44.4 Å². The van der Waals surface area contributed by atoms with Gasteiger partial charge < -0.3 is 5.11 Å². The molecule has 0 aromatic heterocycles. The second-order valence-electron chi connectivity index (χ2n) is 8.92. The summed E-state index contributed by atoms with van der Waals surface area (Å²) in [5.41, 5.74) is -2.65. The first-order valence-electron chi connectivity index (χ1n) is 11.0. The lowest BCUT2D eigenvalue weighted by atomic mass is 9.59. The molecule has 7 nitrogen and oxygen atoms in total. The molecule has 1 N–H and O–H groups in total. The van der Waals surface area contributed by atoms with Crippen LogP contribution in [0.5, 0.6) is 0 Å². The first kappa shape index (κ1) is 25.9. The van der Waals surface area contributed by atoms with E-state index in [0.717, 1.165) is 19.3 Å². The van der Waals surface area contributed by atoms with Gasteiger partial charge in [0.2, 0.25) is 5.60 Å². The predicted octanol–water partition coefficient (Wildman–Crippen LogP) is 4.65. The fraction of sp³-hybridized carbons (Fsp3) is 0.909. The van der Waals surface area contributed by atoms with Gasteiger partial charge in [0, 0.05) is 0 Å². The van der Waals surface area contributed by atoms with E-state index >= 15 is 0 Å². The zero-order chi connectivity index (χ0) is 22.3. The highest BCUT2D eigenvalue weighted by atomic mass is 17.3. The molecular formula is C22H40O7. The van der Waals surface area contributed by atoms with Crippen molar-refractivity contribution < 1.29 is 34.2 Å². The Bertz CT molecular complexity index is 541. The summed E-state index contributed by atoms with van der Waals surface area (Å²) in [7, 11) is 0. The Morgan fingerprint density at radius 1 is 1.14 bits per heavy atom. The van der Waals surface area contributed by atoms with E-state index in [9.17, 15) is 14.7 Å². The Kier molecular flexibility index (Phi) is 9.57. The largest absolute Gasteiger partial charge is 0.393 e. The lowest BCUT2D eigenvalue weighted by molar-refractivity contribution is -0.502. The predicted molar refractivity (Wildman–Crippen MR) is 108 cm³/mol. The van der Waals surface area contributed by atoms with Crippen molar-refractivity contribution >= 4 is 11.9 Å². The quantitative estimate of drug-likeness (QED) is 0.366. The first-order chi connectivity index (χ1) is 13.6. The third-order valence-electron chi connectivity index (χ3n) is 6.50. The van der Waals surface area contributed by atoms with Crippen molar-refractivity contribution in [2.75, 3.05) is 0 Å². The fourth-order valence-corrected chi connectivity index (χ4v) is 4.53. The van der Waals surface area contributed by atoms with Crippen LogP contribution in [0.3, 0.4) is 0 Å².